The Kier molecular flexibility index (Phi) is 5.15. The Balaban J connectivity index is 0.00000208. The van der Waals surface area contributed by atoms with Gasteiger partial charge in [0, 0.05) is 25.2 Å². The lowest BCUT2D eigenvalue weighted by Crippen LogP contribution is -2.40. The number of carbonyl (C=O) groups excluding carboxylic acids is 3. The number of urea groups is 1. The van der Waals surface area contributed by atoms with Gasteiger partial charge in [-0.1, -0.05) is 12.1 Å². The van der Waals surface area contributed by atoms with Gasteiger partial charge in [-0.2, -0.15) is 0 Å². The summed E-state index contributed by atoms with van der Waals surface area (Å²) in [5.74, 6) is -0.439. The maximum Gasteiger partial charge on any atom is 0.322 e. The number of benzene rings is 1. The number of hydrogen-bond donors (Lipinski definition) is 3. The molecule has 2 saturated heterocycles. The van der Waals surface area contributed by atoms with E-state index < -0.39 is 17.5 Å². The monoisotopic (exact) mass is 352 g/mol. The molecule has 24 heavy (non-hydrogen) atoms. The molecule has 0 bridgehead atoms. The summed E-state index contributed by atoms with van der Waals surface area (Å²) in [6.07, 6.45) is 0.949. The summed E-state index contributed by atoms with van der Waals surface area (Å²) in [6.45, 7) is 3.37. The molecule has 7 nitrogen and oxygen atoms in total. The van der Waals surface area contributed by atoms with Gasteiger partial charge in [-0.3, -0.25) is 14.9 Å². The predicted octanol–water partition coefficient (Wildman–Crippen LogP) is 0.597. The summed E-state index contributed by atoms with van der Waals surface area (Å²) in [4.78, 5) is 37.5. The zero-order valence-corrected chi connectivity index (χ0v) is 14.4. The first-order chi connectivity index (χ1) is 10.9. The molecule has 0 radical (unpaired) electrons. The number of halogens is 1. The highest BCUT2D eigenvalue weighted by molar-refractivity contribution is 6.07. The van der Waals surface area contributed by atoms with E-state index in [0.717, 1.165) is 19.5 Å². The van der Waals surface area contributed by atoms with E-state index in [1.54, 1.807) is 43.1 Å². The van der Waals surface area contributed by atoms with Crippen LogP contribution >= 0.6 is 12.4 Å². The van der Waals surface area contributed by atoms with E-state index in [1.165, 1.54) is 0 Å². The number of amides is 4. The number of rotatable bonds is 3. The van der Waals surface area contributed by atoms with Crippen molar-refractivity contribution < 1.29 is 14.4 Å². The van der Waals surface area contributed by atoms with Crippen LogP contribution in [-0.2, 0) is 10.3 Å². The highest BCUT2D eigenvalue weighted by Crippen LogP contribution is 2.25. The fourth-order valence-electron chi connectivity index (χ4n) is 3.03. The van der Waals surface area contributed by atoms with Crippen LogP contribution in [0.25, 0.3) is 0 Å². The third-order valence-corrected chi connectivity index (χ3v) is 4.66. The standard InChI is InChI=1S/C16H20N4O3.ClH/c1-16(14(22)18-15(23)19-16)11-5-3-10(4-6-11)13(21)20(2)12-7-8-17-9-12;/h3-6,12,17H,7-9H2,1-2H3,(H2,18,19,22,23);1H. The van der Waals surface area contributed by atoms with Crippen LogP contribution in [0.4, 0.5) is 4.79 Å². The first-order valence-electron chi connectivity index (χ1n) is 7.64. The Morgan fingerprint density at radius 3 is 2.42 bits per heavy atom. The zero-order chi connectivity index (χ0) is 16.6. The molecule has 0 aromatic heterocycles. The SMILES string of the molecule is CN(C(=O)c1ccc(C2(C)NC(=O)NC2=O)cc1)C1CCNC1.Cl. The van der Waals surface area contributed by atoms with Crippen molar-refractivity contribution in [1.82, 2.24) is 20.9 Å². The number of nitrogens with zero attached hydrogens (tertiary/aromatic N) is 1. The van der Waals surface area contributed by atoms with Gasteiger partial charge in [-0.05, 0) is 37.6 Å². The molecule has 8 heteroatoms. The summed E-state index contributed by atoms with van der Waals surface area (Å²) in [5, 5.41) is 8.08. The van der Waals surface area contributed by atoms with Gasteiger partial charge in [0.25, 0.3) is 11.8 Å². The average Bonchev–Trinajstić information content (AvgIpc) is 3.15. The van der Waals surface area contributed by atoms with E-state index in [1.807, 2.05) is 0 Å². The number of likely N-dealkylation sites (N-methyl/N-ethyl adjacent to an activating group) is 1. The molecule has 1 aromatic rings. The second-order valence-corrected chi connectivity index (χ2v) is 6.17. The lowest BCUT2D eigenvalue weighted by Gasteiger charge is -2.25. The van der Waals surface area contributed by atoms with Crippen LogP contribution in [0.3, 0.4) is 0 Å². The van der Waals surface area contributed by atoms with Crippen LogP contribution in [0.2, 0.25) is 0 Å². The summed E-state index contributed by atoms with van der Waals surface area (Å²) in [5.41, 5.74) is 0.110. The predicted molar refractivity (Wildman–Crippen MR) is 91.1 cm³/mol. The summed E-state index contributed by atoms with van der Waals surface area (Å²) < 4.78 is 0. The van der Waals surface area contributed by atoms with Crippen molar-refractivity contribution in [2.75, 3.05) is 20.1 Å². The van der Waals surface area contributed by atoms with Gasteiger partial charge in [-0.15, -0.1) is 12.4 Å². The molecule has 2 atom stereocenters. The number of imide groups is 1. The second-order valence-electron chi connectivity index (χ2n) is 6.17. The highest BCUT2D eigenvalue weighted by atomic mass is 35.5. The fraction of sp³-hybridized carbons (Fsp3) is 0.438. The minimum absolute atomic E-state index is 0. The Hall–Kier alpha value is -2.12. The molecular weight excluding hydrogens is 332 g/mol. The third kappa shape index (κ3) is 3.09. The highest BCUT2D eigenvalue weighted by Gasteiger charge is 2.43. The third-order valence-electron chi connectivity index (χ3n) is 4.66. The van der Waals surface area contributed by atoms with Crippen molar-refractivity contribution in [3.63, 3.8) is 0 Å². The van der Waals surface area contributed by atoms with Crippen molar-refractivity contribution in [3.05, 3.63) is 35.4 Å². The van der Waals surface area contributed by atoms with E-state index >= 15 is 0 Å². The van der Waals surface area contributed by atoms with Crippen LogP contribution in [0.5, 0.6) is 0 Å². The Morgan fingerprint density at radius 1 is 1.25 bits per heavy atom. The van der Waals surface area contributed by atoms with Gasteiger partial charge < -0.3 is 15.5 Å². The van der Waals surface area contributed by atoms with Crippen LogP contribution in [0.1, 0.15) is 29.3 Å². The largest absolute Gasteiger partial charge is 0.337 e. The molecule has 2 aliphatic heterocycles. The maximum atomic E-state index is 12.5. The van der Waals surface area contributed by atoms with Crippen LogP contribution in [0.15, 0.2) is 24.3 Å². The molecule has 0 saturated carbocycles. The summed E-state index contributed by atoms with van der Waals surface area (Å²) >= 11 is 0. The molecule has 130 valence electrons. The van der Waals surface area contributed by atoms with Gasteiger partial charge in [-0.25, -0.2) is 4.79 Å². The number of hydrogen-bond acceptors (Lipinski definition) is 4. The summed E-state index contributed by atoms with van der Waals surface area (Å²) in [6, 6.07) is 6.50. The minimum Gasteiger partial charge on any atom is -0.337 e. The lowest BCUT2D eigenvalue weighted by molar-refractivity contribution is -0.123. The molecule has 2 aliphatic rings. The number of nitrogens with one attached hydrogen (secondary N) is 3. The van der Waals surface area contributed by atoms with Gasteiger partial charge in [0.15, 0.2) is 0 Å². The molecule has 3 N–H and O–H groups in total. The van der Waals surface area contributed by atoms with E-state index in [-0.39, 0.29) is 24.4 Å². The van der Waals surface area contributed by atoms with Crippen LogP contribution < -0.4 is 16.0 Å². The molecule has 2 unspecified atom stereocenters. The smallest absolute Gasteiger partial charge is 0.322 e. The summed E-state index contributed by atoms with van der Waals surface area (Å²) in [7, 11) is 1.81. The van der Waals surface area contributed by atoms with Crippen molar-refractivity contribution in [1.29, 1.82) is 0 Å². The maximum absolute atomic E-state index is 12.5. The number of carbonyl (C=O) groups is 3. The fourth-order valence-corrected chi connectivity index (χ4v) is 3.03. The first-order valence-corrected chi connectivity index (χ1v) is 7.64. The molecule has 3 rings (SSSR count). The van der Waals surface area contributed by atoms with E-state index in [9.17, 15) is 14.4 Å². The Bertz CT molecular complexity index is 658. The van der Waals surface area contributed by atoms with Crippen molar-refractivity contribution in [2.45, 2.75) is 24.9 Å². The topological polar surface area (TPSA) is 90.5 Å². The van der Waals surface area contributed by atoms with Gasteiger partial charge >= 0.3 is 6.03 Å². The van der Waals surface area contributed by atoms with Gasteiger partial charge in [0.2, 0.25) is 0 Å². The van der Waals surface area contributed by atoms with E-state index in [4.69, 9.17) is 0 Å². The lowest BCUT2D eigenvalue weighted by atomic mass is 9.91. The second kappa shape index (κ2) is 6.78. The van der Waals surface area contributed by atoms with Crippen molar-refractivity contribution in [2.24, 2.45) is 0 Å². The zero-order valence-electron chi connectivity index (χ0n) is 13.6. The molecule has 2 fully saturated rings. The van der Waals surface area contributed by atoms with Crippen molar-refractivity contribution >= 4 is 30.3 Å². The molecule has 0 aliphatic carbocycles. The quantitative estimate of drug-likeness (QED) is 0.695. The molecular formula is C16H21ClN4O3. The van der Waals surface area contributed by atoms with E-state index in [2.05, 4.69) is 16.0 Å². The normalized spacial score (nSPS) is 25.7. The minimum atomic E-state index is -1.10. The average molecular weight is 353 g/mol. The molecule has 0 spiro atoms. The van der Waals surface area contributed by atoms with Crippen LogP contribution in [0, 0.1) is 0 Å². The Morgan fingerprint density at radius 2 is 1.92 bits per heavy atom. The van der Waals surface area contributed by atoms with Crippen LogP contribution in [-0.4, -0.2) is 48.9 Å². The Labute approximate surface area is 146 Å². The molecule has 1 aromatic carbocycles. The first kappa shape index (κ1) is 18.2. The molecule has 4 amide bonds. The van der Waals surface area contributed by atoms with Crippen molar-refractivity contribution in [3.8, 4) is 0 Å². The van der Waals surface area contributed by atoms with Gasteiger partial charge in [0.05, 0.1) is 0 Å². The van der Waals surface area contributed by atoms with E-state index in [0.29, 0.717) is 11.1 Å². The van der Waals surface area contributed by atoms with Gasteiger partial charge in [0.1, 0.15) is 5.54 Å². The molecule has 2 heterocycles.